The standard InChI is InChI=1S/C15H18AsN/c1-3-16(13-9-7-12(2)8-10-13)14-5-4-6-15(17)11-14/h4-11H,3,17H2,1-2H3. The van der Waals surface area contributed by atoms with Crippen molar-refractivity contribution in [1.82, 2.24) is 0 Å². The molecule has 0 aliphatic rings. The van der Waals surface area contributed by atoms with Crippen molar-refractivity contribution in [2.75, 3.05) is 5.73 Å². The van der Waals surface area contributed by atoms with E-state index in [0.29, 0.717) is 0 Å². The molecule has 0 spiro atoms. The SMILES string of the molecule is CC[As](c1ccc(C)cc1)c1cccc(N)c1. The van der Waals surface area contributed by atoms with Crippen molar-refractivity contribution in [3.05, 3.63) is 54.1 Å². The van der Waals surface area contributed by atoms with Gasteiger partial charge in [0.15, 0.2) is 0 Å². The maximum absolute atomic E-state index is 5.88. The van der Waals surface area contributed by atoms with E-state index in [2.05, 4.69) is 56.3 Å². The Labute approximate surface area is 108 Å². The minimum atomic E-state index is -1.13. The zero-order valence-electron chi connectivity index (χ0n) is 10.4. The van der Waals surface area contributed by atoms with Crippen LogP contribution in [0.15, 0.2) is 48.5 Å². The van der Waals surface area contributed by atoms with Crippen LogP contribution in [0.1, 0.15) is 12.5 Å². The third kappa shape index (κ3) is 2.92. The summed E-state index contributed by atoms with van der Waals surface area (Å²) in [6, 6.07) is 17.4. The summed E-state index contributed by atoms with van der Waals surface area (Å²) in [7, 11) is 0. The zero-order chi connectivity index (χ0) is 12.3. The fourth-order valence-electron chi connectivity index (χ4n) is 1.93. The molecule has 0 saturated heterocycles. The van der Waals surface area contributed by atoms with Crippen LogP contribution >= 0.6 is 0 Å². The van der Waals surface area contributed by atoms with Gasteiger partial charge in [-0.05, 0) is 0 Å². The van der Waals surface area contributed by atoms with Gasteiger partial charge >= 0.3 is 108 Å². The molecule has 0 aromatic heterocycles. The Hall–Kier alpha value is -1.20. The summed E-state index contributed by atoms with van der Waals surface area (Å²) in [5.41, 5.74) is 8.08. The molecule has 2 aromatic carbocycles. The summed E-state index contributed by atoms with van der Waals surface area (Å²) >= 11 is -1.13. The van der Waals surface area contributed by atoms with Crippen molar-refractivity contribution < 1.29 is 0 Å². The maximum atomic E-state index is 5.88. The Morgan fingerprint density at radius 2 is 1.71 bits per heavy atom. The summed E-state index contributed by atoms with van der Waals surface area (Å²) in [5.74, 6) is 0. The molecule has 1 nitrogen and oxygen atoms in total. The fourth-order valence-corrected chi connectivity index (χ4v) is 6.36. The molecule has 0 fully saturated rings. The average Bonchev–Trinajstić information content (AvgIpc) is 2.33. The molecule has 88 valence electrons. The van der Waals surface area contributed by atoms with E-state index in [1.807, 2.05) is 6.07 Å². The predicted octanol–water partition coefficient (Wildman–Crippen LogP) is 2.21. The van der Waals surface area contributed by atoms with Gasteiger partial charge in [-0.2, -0.15) is 0 Å². The molecule has 0 saturated carbocycles. The van der Waals surface area contributed by atoms with E-state index in [9.17, 15) is 0 Å². The Morgan fingerprint density at radius 3 is 2.29 bits per heavy atom. The minimum absolute atomic E-state index is 0.877. The van der Waals surface area contributed by atoms with Crippen LogP contribution in [0.25, 0.3) is 0 Å². The summed E-state index contributed by atoms with van der Waals surface area (Å²) in [4.78, 5) is 0. The third-order valence-corrected chi connectivity index (χ3v) is 8.00. The van der Waals surface area contributed by atoms with Crippen LogP contribution in [0.4, 0.5) is 5.69 Å². The first-order valence-corrected chi connectivity index (χ1v) is 9.11. The van der Waals surface area contributed by atoms with Gasteiger partial charge in [-0.15, -0.1) is 0 Å². The van der Waals surface area contributed by atoms with E-state index in [0.717, 1.165) is 5.69 Å². The van der Waals surface area contributed by atoms with Crippen molar-refractivity contribution in [1.29, 1.82) is 0 Å². The van der Waals surface area contributed by atoms with E-state index < -0.39 is 14.7 Å². The Morgan fingerprint density at radius 1 is 1.00 bits per heavy atom. The molecular weight excluding hydrogens is 269 g/mol. The molecule has 2 rings (SSSR count). The van der Waals surface area contributed by atoms with Crippen molar-refractivity contribution in [3.63, 3.8) is 0 Å². The van der Waals surface area contributed by atoms with E-state index >= 15 is 0 Å². The van der Waals surface area contributed by atoms with Crippen LogP contribution in [0.2, 0.25) is 5.21 Å². The van der Waals surface area contributed by atoms with Crippen molar-refractivity contribution >= 4 is 29.0 Å². The molecule has 0 bridgehead atoms. The Balaban J connectivity index is 2.36. The molecule has 0 aliphatic heterocycles. The third-order valence-electron chi connectivity index (χ3n) is 2.84. The molecule has 2 heteroatoms. The topological polar surface area (TPSA) is 26.0 Å². The van der Waals surface area contributed by atoms with Crippen molar-refractivity contribution in [3.8, 4) is 0 Å². The van der Waals surface area contributed by atoms with Crippen molar-refractivity contribution in [2.45, 2.75) is 19.1 Å². The van der Waals surface area contributed by atoms with E-state index in [-0.39, 0.29) is 0 Å². The second kappa shape index (κ2) is 5.42. The second-order valence-electron chi connectivity index (χ2n) is 4.17. The number of hydrogen-bond donors (Lipinski definition) is 1. The Kier molecular flexibility index (Phi) is 3.91. The summed E-state index contributed by atoms with van der Waals surface area (Å²) in [6.45, 7) is 4.41. The molecule has 0 heterocycles. The molecule has 2 aromatic rings. The van der Waals surface area contributed by atoms with Crippen LogP contribution < -0.4 is 14.4 Å². The van der Waals surface area contributed by atoms with Gasteiger partial charge in [-0.1, -0.05) is 0 Å². The van der Waals surface area contributed by atoms with Crippen molar-refractivity contribution in [2.24, 2.45) is 0 Å². The fraction of sp³-hybridized carbons (Fsp3) is 0.200. The van der Waals surface area contributed by atoms with E-state index in [4.69, 9.17) is 5.73 Å². The van der Waals surface area contributed by atoms with Gasteiger partial charge in [-0.3, -0.25) is 0 Å². The molecule has 1 unspecified atom stereocenters. The molecule has 2 N–H and O–H groups in total. The van der Waals surface area contributed by atoms with Crippen LogP contribution in [0.5, 0.6) is 0 Å². The van der Waals surface area contributed by atoms with Gasteiger partial charge in [-0.25, -0.2) is 0 Å². The zero-order valence-corrected chi connectivity index (χ0v) is 12.2. The summed E-state index contributed by atoms with van der Waals surface area (Å²) in [5, 5.41) is 1.24. The average molecular weight is 287 g/mol. The molecule has 0 amide bonds. The molecule has 1 atom stereocenters. The molecule has 0 radical (unpaired) electrons. The van der Waals surface area contributed by atoms with Crippen LogP contribution in [-0.2, 0) is 0 Å². The van der Waals surface area contributed by atoms with Gasteiger partial charge < -0.3 is 0 Å². The predicted molar refractivity (Wildman–Crippen MR) is 77.5 cm³/mol. The normalized spacial score (nSPS) is 12.4. The quantitative estimate of drug-likeness (QED) is 0.680. The first-order chi connectivity index (χ1) is 8.20. The Bertz CT molecular complexity index is 491. The monoisotopic (exact) mass is 287 g/mol. The first-order valence-electron chi connectivity index (χ1n) is 5.90. The van der Waals surface area contributed by atoms with Gasteiger partial charge in [0.1, 0.15) is 0 Å². The van der Waals surface area contributed by atoms with Crippen LogP contribution in [0.3, 0.4) is 0 Å². The molecule has 0 aliphatic carbocycles. The number of rotatable bonds is 3. The van der Waals surface area contributed by atoms with Crippen LogP contribution in [-0.4, -0.2) is 14.7 Å². The first kappa shape index (κ1) is 12.3. The van der Waals surface area contributed by atoms with E-state index in [1.165, 1.54) is 19.5 Å². The van der Waals surface area contributed by atoms with Gasteiger partial charge in [0.25, 0.3) is 0 Å². The number of anilines is 1. The second-order valence-corrected chi connectivity index (χ2v) is 9.46. The number of nitrogen functional groups attached to an aromatic ring is 1. The summed E-state index contributed by atoms with van der Waals surface area (Å²) < 4.78 is 2.96. The molecular formula is C15H18AsN. The number of benzene rings is 2. The number of hydrogen-bond acceptors (Lipinski definition) is 1. The number of nitrogens with two attached hydrogens (primary N) is 1. The molecule has 17 heavy (non-hydrogen) atoms. The van der Waals surface area contributed by atoms with E-state index in [1.54, 1.807) is 0 Å². The number of aryl methyl sites for hydroxylation is 1. The van der Waals surface area contributed by atoms with Gasteiger partial charge in [0, 0.05) is 0 Å². The van der Waals surface area contributed by atoms with Gasteiger partial charge in [0.05, 0.1) is 0 Å². The summed E-state index contributed by atoms with van der Waals surface area (Å²) in [6.07, 6.45) is 0. The van der Waals surface area contributed by atoms with Crippen LogP contribution in [0, 0.1) is 6.92 Å². The van der Waals surface area contributed by atoms with Gasteiger partial charge in [0.2, 0.25) is 0 Å².